The summed E-state index contributed by atoms with van der Waals surface area (Å²) in [5.74, 6) is 0. The highest BCUT2D eigenvalue weighted by molar-refractivity contribution is 14.1. The fourth-order valence-electron chi connectivity index (χ4n) is 1.03. The molecule has 2 rings (SSSR count). The van der Waals surface area contributed by atoms with Crippen LogP contribution in [0.1, 0.15) is 0 Å². The minimum atomic E-state index is 1.10. The summed E-state index contributed by atoms with van der Waals surface area (Å²) in [7, 11) is 0. The quantitative estimate of drug-likeness (QED) is 0.510. The van der Waals surface area contributed by atoms with Crippen molar-refractivity contribution in [1.29, 1.82) is 0 Å². The molecule has 0 radical (unpaired) electrons. The average molecular weight is 371 g/mol. The fourth-order valence-corrected chi connectivity index (χ4v) is 3.81. The molecule has 4 heteroatoms. The zero-order chi connectivity index (χ0) is 8.72. The van der Waals surface area contributed by atoms with E-state index in [1.54, 1.807) is 11.3 Å². The first-order valence-corrected chi connectivity index (χ1v) is 6.38. The third-order valence-electron chi connectivity index (χ3n) is 1.57. The predicted molar refractivity (Wildman–Crippen MR) is 69.5 cm³/mol. The molecule has 0 nitrogen and oxygen atoms in total. The second-order valence-corrected chi connectivity index (χ2v) is 6.16. The number of hydrogen-bond donors (Lipinski definition) is 1. The zero-order valence-electron chi connectivity index (χ0n) is 5.84. The summed E-state index contributed by atoms with van der Waals surface area (Å²) in [6, 6.07) is 6.31. The standard InChI is InChI=1S/C8H4BrIS2/c9-4-1-2-5-6(3-4)12-8(11)7(5)10/h1-3,11H. The van der Waals surface area contributed by atoms with Gasteiger partial charge in [0.2, 0.25) is 0 Å². The van der Waals surface area contributed by atoms with Gasteiger partial charge in [-0.05, 0) is 34.7 Å². The third kappa shape index (κ3) is 1.54. The van der Waals surface area contributed by atoms with Crippen LogP contribution in [0.15, 0.2) is 26.9 Å². The van der Waals surface area contributed by atoms with E-state index in [0.29, 0.717) is 0 Å². The molecule has 0 aliphatic heterocycles. The van der Waals surface area contributed by atoms with Crippen molar-refractivity contribution in [2.75, 3.05) is 0 Å². The smallest absolute Gasteiger partial charge is 0.0714 e. The van der Waals surface area contributed by atoms with Crippen molar-refractivity contribution in [2.45, 2.75) is 4.21 Å². The van der Waals surface area contributed by atoms with Gasteiger partial charge in [-0.15, -0.1) is 24.0 Å². The molecular formula is C8H4BrIS2. The van der Waals surface area contributed by atoms with E-state index in [1.807, 2.05) is 0 Å². The second-order valence-electron chi connectivity index (χ2n) is 2.36. The molecule has 12 heavy (non-hydrogen) atoms. The minimum absolute atomic E-state index is 1.10. The Morgan fingerprint density at radius 3 is 2.92 bits per heavy atom. The summed E-state index contributed by atoms with van der Waals surface area (Å²) in [4.78, 5) is 0. The van der Waals surface area contributed by atoms with E-state index in [1.165, 1.54) is 13.7 Å². The van der Waals surface area contributed by atoms with Crippen molar-refractivity contribution >= 4 is 72.6 Å². The lowest BCUT2D eigenvalue weighted by Gasteiger charge is -1.90. The van der Waals surface area contributed by atoms with Crippen LogP contribution in [0.2, 0.25) is 0 Å². The largest absolute Gasteiger partial charge is 0.132 e. The molecule has 0 amide bonds. The molecule has 1 aromatic heterocycles. The normalized spacial score (nSPS) is 10.9. The molecule has 0 aliphatic carbocycles. The average Bonchev–Trinajstić information content (AvgIpc) is 2.28. The Balaban J connectivity index is 2.87. The Morgan fingerprint density at radius 1 is 1.42 bits per heavy atom. The monoisotopic (exact) mass is 370 g/mol. The van der Waals surface area contributed by atoms with Crippen molar-refractivity contribution in [1.82, 2.24) is 0 Å². The molecule has 0 saturated heterocycles. The number of fused-ring (bicyclic) bond motifs is 1. The van der Waals surface area contributed by atoms with E-state index in [4.69, 9.17) is 0 Å². The topological polar surface area (TPSA) is 0 Å². The molecule has 62 valence electrons. The van der Waals surface area contributed by atoms with E-state index in [9.17, 15) is 0 Å². The van der Waals surface area contributed by atoms with Crippen LogP contribution in [-0.2, 0) is 0 Å². The van der Waals surface area contributed by atoms with Crippen molar-refractivity contribution in [3.63, 3.8) is 0 Å². The molecule has 0 fully saturated rings. The van der Waals surface area contributed by atoms with Gasteiger partial charge in [0.1, 0.15) is 0 Å². The van der Waals surface area contributed by atoms with Crippen molar-refractivity contribution in [3.05, 3.63) is 26.2 Å². The van der Waals surface area contributed by atoms with Gasteiger partial charge in [-0.25, -0.2) is 0 Å². The molecule has 1 heterocycles. The molecular weight excluding hydrogens is 367 g/mol. The Morgan fingerprint density at radius 2 is 2.17 bits per heavy atom. The first kappa shape index (κ1) is 9.30. The lowest BCUT2D eigenvalue weighted by atomic mass is 10.3. The summed E-state index contributed by atoms with van der Waals surface area (Å²) in [5, 5.41) is 1.30. The van der Waals surface area contributed by atoms with Crippen LogP contribution in [0.4, 0.5) is 0 Å². The van der Waals surface area contributed by atoms with Gasteiger partial charge < -0.3 is 0 Å². The van der Waals surface area contributed by atoms with Crippen molar-refractivity contribution < 1.29 is 0 Å². The van der Waals surface area contributed by atoms with E-state index in [-0.39, 0.29) is 0 Å². The van der Waals surface area contributed by atoms with E-state index in [0.717, 1.165) is 8.68 Å². The molecule has 0 N–H and O–H groups in total. The molecule has 0 saturated carbocycles. The summed E-state index contributed by atoms with van der Waals surface area (Å²) in [6.45, 7) is 0. The van der Waals surface area contributed by atoms with Crippen LogP contribution in [0, 0.1) is 3.57 Å². The van der Waals surface area contributed by atoms with Gasteiger partial charge in [-0.1, -0.05) is 22.0 Å². The first-order valence-electron chi connectivity index (χ1n) is 3.25. The molecule has 0 unspecified atom stereocenters. The summed E-state index contributed by atoms with van der Waals surface area (Å²) < 4.78 is 4.77. The number of halogens is 2. The highest BCUT2D eigenvalue weighted by Gasteiger charge is 2.05. The van der Waals surface area contributed by atoms with Crippen LogP contribution < -0.4 is 0 Å². The maximum Gasteiger partial charge on any atom is 0.0714 e. The van der Waals surface area contributed by atoms with Crippen LogP contribution in [0.3, 0.4) is 0 Å². The van der Waals surface area contributed by atoms with Crippen molar-refractivity contribution in [3.8, 4) is 0 Å². The SMILES string of the molecule is Sc1sc2cc(Br)ccc2c1I. The molecule has 2 aromatic rings. The number of benzene rings is 1. The minimum Gasteiger partial charge on any atom is -0.132 e. The van der Waals surface area contributed by atoms with E-state index < -0.39 is 0 Å². The highest BCUT2D eigenvalue weighted by Crippen LogP contribution is 2.35. The van der Waals surface area contributed by atoms with Gasteiger partial charge in [0.15, 0.2) is 0 Å². The van der Waals surface area contributed by atoms with Crippen LogP contribution in [0.25, 0.3) is 10.1 Å². The number of thiol groups is 1. The highest BCUT2D eigenvalue weighted by atomic mass is 127. The molecule has 0 spiro atoms. The summed E-state index contributed by atoms with van der Waals surface area (Å²) in [5.41, 5.74) is 0. The lowest BCUT2D eigenvalue weighted by molar-refractivity contribution is 1.68. The van der Waals surface area contributed by atoms with Gasteiger partial charge in [-0.3, -0.25) is 0 Å². The van der Waals surface area contributed by atoms with E-state index >= 15 is 0 Å². The maximum absolute atomic E-state index is 4.39. The Labute approximate surface area is 102 Å². The van der Waals surface area contributed by atoms with Gasteiger partial charge in [0.25, 0.3) is 0 Å². The van der Waals surface area contributed by atoms with Crippen LogP contribution in [0.5, 0.6) is 0 Å². The second kappa shape index (κ2) is 3.48. The van der Waals surface area contributed by atoms with Gasteiger partial charge in [0, 0.05) is 18.1 Å². The summed E-state index contributed by atoms with van der Waals surface area (Å²) in [6.07, 6.45) is 0. The van der Waals surface area contributed by atoms with Gasteiger partial charge >= 0.3 is 0 Å². The van der Waals surface area contributed by atoms with E-state index in [2.05, 4.69) is 69.3 Å². The first-order chi connectivity index (χ1) is 5.68. The van der Waals surface area contributed by atoms with Crippen LogP contribution in [-0.4, -0.2) is 0 Å². The fraction of sp³-hybridized carbons (Fsp3) is 0. The molecule has 0 atom stereocenters. The summed E-state index contributed by atoms with van der Waals surface area (Å²) >= 11 is 11.9. The predicted octanol–water partition coefficient (Wildman–Crippen LogP) is 4.56. The maximum atomic E-state index is 4.39. The Kier molecular flexibility index (Phi) is 2.69. The lowest BCUT2D eigenvalue weighted by Crippen LogP contribution is -1.67. The molecule has 1 aromatic carbocycles. The van der Waals surface area contributed by atoms with Gasteiger partial charge in [0.05, 0.1) is 4.21 Å². The number of thiophene rings is 1. The van der Waals surface area contributed by atoms with Crippen LogP contribution >= 0.6 is 62.5 Å². The van der Waals surface area contributed by atoms with Crippen molar-refractivity contribution in [2.24, 2.45) is 0 Å². The Bertz CT molecular complexity index is 436. The molecule has 0 aliphatic rings. The molecule has 0 bridgehead atoms. The third-order valence-corrected chi connectivity index (χ3v) is 5.43. The Hall–Kier alpha value is 0.740. The number of hydrogen-bond acceptors (Lipinski definition) is 2. The number of rotatable bonds is 0. The zero-order valence-corrected chi connectivity index (χ0v) is 11.3. The van der Waals surface area contributed by atoms with Gasteiger partial charge in [-0.2, -0.15) is 0 Å².